The van der Waals surface area contributed by atoms with E-state index in [1.807, 2.05) is 20.8 Å². The summed E-state index contributed by atoms with van der Waals surface area (Å²) in [7, 11) is 1.73. The summed E-state index contributed by atoms with van der Waals surface area (Å²) in [6.07, 6.45) is -0.263. The number of aromatic nitrogens is 4. The van der Waals surface area contributed by atoms with Gasteiger partial charge >= 0.3 is 6.09 Å². The quantitative estimate of drug-likeness (QED) is 0.681. The van der Waals surface area contributed by atoms with E-state index in [1.165, 1.54) is 16.4 Å². The van der Waals surface area contributed by atoms with E-state index in [1.54, 1.807) is 11.9 Å². The highest BCUT2D eigenvalue weighted by molar-refractivity contribution is 7.99. The average Bonchev–Trinajstić information content (AvgIpc) is 2.97. The van der Waals surface area contributed by atoms with Crippen molar-refractivity contribution >= 4 is 23.8 Å². The Hall–Kier alpha value is -1.88. The summed E-state index contributed by atoms with van der Waals surface area (Å²) in [6, 6.07) is 0. The van der Waals surface area contributed by atoms with Gasteiger partial charge in [-0.05, 0) is 31.2 Å². The molecule has 0 aromatic carbocycles. The van der Waals surface area contributed by atoms with Crippen molar-refractivity contribution in [3.05, 3.63) is 0 Å². The number of hydrogen-bond acceptors (Lipinski definition) is 8. The fourth-order valence-electron chi connectivity index (χ4n) is 2.36. The van der Waals surface area contributed by atoms with Gasteiger partial charge in [0.15, 0.2) is 0 Å². The van der Waals surface area contributed by atoms with Gasteiger partial charge in [0.1, 0.15) is 5.60 Å². The van der Waals surface area contributed by atoms with E-state index in [4.69, 9.17) is 4.74 Å². The molecule has 2 heterocycles. The molecular formula is C15H27N7O3S. The molecule has 146 valence electrons. The largest absolute Gasteiger partial charge is 0.444 e. The first kappa shape index (κ1) is 20.4. The summed E-state index contributed by atoms with van der Waals surface area (Å²) >= 11 is 1.30. The Bertz CT molecular complexity index is 609. The van der Waals surface area contributed by atoms with Gasteiger partial charge < -0.3 is 15.0 Å². The minimum absolute atomic E-state index is 0.0506. The third-order valence-corrected chi connectivity index (χ3v) is 4.70. The van der Waals surface area contributed by atoms with Crippen molar-refractivity contribution in [2.24, 2.45) is 7.05 Å². The van der Waals surface area contributed by atoms with E-state index in [9.17, 15) is 9.59 Å². The molecule has 11 heteroatoms. The van der Waals surface area contributed by atoms with Crippen molar-refractivity contribution in [2.75, 3.05) is 45.0 Å². The molecule has 1 aliphatic heterocycles. The number of aryl methyl sites for hydroxylation is 1. The fraction of sp³-hybridized carbons (Fsp3) is 0.800. The Balaban J connectivity index is 1.59. The summed E-state index contributed by atoms with van der Waals surface area (Å²) in [6.45, 7) is 9.74. The Morgan fingerprint density at radius 1 is 1.23 bits per heavy atom. The minimum Gasteiger partial charge on any atom is -0.444 e. The molecule has 1 aromatic heterocycles. The zero-order valence-electron chi connectivity index (χ0n) is 15.8. The van der Waals surface area contributed by atoms with Crippen LogP contribution in [-0.4, -0.2) is 92.6 Å². The summed E-state index contributed by atoms with van der Waals surface area (Å²) in [5, 5.41) is 14.6. The third-order valence-electron chi connectivity index (χ3n) is 3.69. The second kappa shape index (κ2) is 9.17. The van der Waals surface area contributed by atoms with Crippen LogP contribution in [0.15, 0.2) is 5.16 Å². The molecule has 1 aliphatic rings. The maximum atomic E-state index is 12.0. The minimum atomic E-state index is -0.475. The van der Waals surface area contributed by atoms with Crippen molar-refractivity contribution in [1.29, 1.82) is 0 Å². The fourth-order valence-corrected chi connectivity index (χ4v) is 3.04. The summed E-state index contributed by atoms with van der Waals surface area (Å²) < 4.78 is 6.91. The number of thioether (sulfide) groups is 1. The van der Waals surface area contributed by atoms with E-state index in [2.05, 4.69) is 25.7 Å². The summed E-state index contributed by atoms with van der Waals surface area (Å²) in [5.41, 5.74) is -0.475. The lowest BCUT2D eigenvalue weighted by molar-refractivity contribution is -0.118. The van der Waals surface area contributed by atoms with Crippen LogP contribution in [0, 0.1) is 0 Å². The van der Waals surface area contributed by atoms with Crippen LogP contribution in [0.2, 0.25) is 0 Å². The predicted molar refractivity (Wildman–Crippen MR) is 96.8 cm³/mol. The molecule has 0 bridgehead atoms. The molecule has 0 atom stereocenters. The number of ether oxygens (including phenoxy) is 1. The van der Waals surface area contributed by atoms with Gasteiger partial charge in [-0.15, -0.1) is 5.10 Å². The maximum absolute atomic E-state index is 12.0. The standard InChI is InChI=1S/C15H27N7O3S/c1-15(2,3)25-14(24)22-9-7-21(8-10-22)6-5-16-12(23)11-26-13-17-18-19-20(13)4/h5-11H2,1-4H3,(H,16,23). The van der Waals surface area contributed by atoms with Crippen LogP contribution in [0.1, 0.15) is 20.8 Å². The lowest BCUT2D eigenvalue weighted by Gasteiger charge is -2.35. The normalized spacial score (nSPS) is 15.8. The van der Waals surface area contributed by atoms with Crippen molar-refractivity contribution in [2.45, 2.75) is 31.5 Å². The van der Waals surface area contributed by atoms with E-state index >= 15 is 0 Å². The van der Waals surface area contributed by atoms with Gasteiger partial charge in [0.2, 0.25) is 11.1 Å². The van der Waals surface area contributed by atoms with Crippen LogP contribution in [0.5, 0.6) is 0 Å². The zero-order valence-corrected chi connectivity index (χ0v) is 16.6. The number of amides is 2. The second-order valence-corrected chi connectivity index (χ2v) is 7.98. The van der Waals surface area contributed by atoms with Gasteiger partial charge in [0.25, 0.3) is 0 Å². The second-order valence-electron chi connectivity index (χ2n) is 7.03. The Morgan fingerprint density at radius 2 is 1.92 bits per heavy atom. The topological polar surface area (TPSA) is 105 Å². The molecule has 0 aliphatic carbocycles. The van der Waals surface area contributed by atoms with Gasteiger partial charge in [-0.1, -0.05) is 11.8 Å². The molecule has 0 spiro atoms. The molecule has 0 radical (unpaired) electrons. The summed E-state index contributed by atoms with van der Waals surface area (Å²) in [4.78, 5) is 27.8. The molecule has 1 fully saturated rings. The smallest absolute Gasteiger partial charge is 0.410 e. The monoisotopic (exact) mass is 385 g/mol. The molecule has 10 nitrogen and oxygen atoms in total. The first-order valence-electron chi connectivity index (χ1n) is 8.57. The Kier molecular flexibility index (Phi) is 7.21. The first-order chi connectivity index (χ1) is 12.2. The molecule has 1 aromatic rings. The number of nitrogens with one attached hydrogen (secondary N) is 1. The number of nitrogens with zero attached hydrogens (tertiary/aromatic N) is 6. The van der Waals surface area contributed by atoms with Crippen molar-refractivity contribution in [3.8, 4) is 0 Å². The molecular weight excluding hydrogens is 358 g/mol. The van der Waals surface area contributed by atoms with E-state index in [-0.39, 0.29) is 17.8 Å². The third kappa shape index (κ3) is 6.79. The maximum Gasteiger partial charge on any atom is 0.410 e. The molecule has 2 rings (SSSR count). The number of piperazine rings is 1. The SMILES string of the molecule is Cn1nnnc1SCC(=O)NCCN1CCN(C(=O)OC(C)(C)C)CC1. The highest BCUT2D eigenvalue weighted by Gasteiger charge is 2.25. The van der Waals surface area contributed by atoms with Crippen LogP contribution in [0.3, 0.4) is 0 Å². The van der Waals surface area contributed by atoms with E-state index in [0.29, 0.717) is 24.8 Å². The predicted octanol–water partition coefficient (Wildman–Crippen LogP) is -0.0289. The van der Waals surface area contributed by atoms with Gasteiger partial charge in [-0.3, -0.25) is 9.69 Å². The molecule has 1 saturated heterocycles. The highest BCUT2D eigenvalue weighted by atomic mass is 32.2. The van der Waals surface area contributed by atoms with E-state index in [0.717, 1.165) is 19.6 Å². The Morgan fingerprint density at radius 3 is 2.50 bits per heavy atom. The number of tetrazole rings is 1. The number of hydrogen-bond donors (Lipinski definition) is 1. The lowest BCUT2D eigenvalue weighted by atomic mass is 10.2. The van der Waals surface area contributed by atoms with Gasteiger partial charge in [0, 0.05) is 46.3 Å². The molecule has 0 saturated carbocycles. The average molecular weight is 385 g/mol. The van der Waals surface area contributed by atoms with Gasteiger partial charge in [-0.25, -0.2) is 9.48 Å². The van der Waals surface area contributed by atoms with Crippen LogP contribution in [0.25, 0.3) is 0 Å². The van der Waals surface area contributed by atoms with Crippen molar-refractivity contribution in [1.82, 2.24) is 35.3 Å². The van der Waals surface area contributed by atoms with Crippen LogP contribution in [-0.2, 0) is 16.6 Å². The Labute approximate surface area is 157 Å². The van der Waals surface area contributed by atoms with Crippen LogP contribution >= 0.6 is 11.8 Å². The molecule has 26 heavy (non-hydrogen) atoms. The highest BCUT2D eigenvalue weighted by Crippen LogP contribution is 2.12. The number of carbonyl (C=O) groups is 2. The molecule has 1 N–H and O–H groups in total. The summed E-state index contributed by atoms with van der Waals surface area (Å²) in [5.74, 6) is 0.228. The van der Waals surface area contributed by atoms with Crippen molar-refractivity contribution in [3.63, 3.8) is 0 Å². The molecule has 2 amide bonds. The number of carbonyl (C=O) groups excluding carboxylic acids is 2. The first-order valence-corrected chi connectivity index (χ1v) is 9.55. The molecule has 0 unspecified atom stereocenters. The van der Waals surface area contributed by atoms with Gasteiger partial charge in [0.05, 0.1) is 5.75 Å². The van der Waals surface area contributed by atoms with Crippen LogP contribution in [0.4, 0.5) is 4.79 Å². The number of rotatable bonds is 6. The van der Waals surface area contributed by atoms with Crippen LogP contribution < -0.4 is 5.32 Å². The van der Waals surface area contributed by atoms with E-state index < -0.39 is 5.60 Å². The van der Waals surface area contributed by atoms with Crippen molar-refractivity contribution < 1.29 is 14.3 Å². The lowest BCUT2D eigenvalue weighted by Crippen LogP contribution is -2.51. The van der Waals surface area contributed by atoms with Gasteiger partial charge in [-0.2, -0.15) is 0 Å². The zero-order chi connectivity index (χ0) is 19.2.